The molecule has 3 nitrogen and oxygen atoms in total. The summed E-state index contributed by atoms with van der Waals surface area (Å²) in [6, 6.07) is 6.40. The number of benzene rings is 1. The molecule has 0 unspecified atom stereocenters. The first-order chi connectivity index (χ1) is 8.63. The van der Waals surface area contributed by atoms with E-state index in [1.165, 1.54) is 36.8 Å². The van der Waals surface area contributed by atoms with Gasteiger partial charge in [0.25, 0.3) is 0 Å². The number of aryl methyl sites for hydroxylation is 1. The van der Waals surface area contributed by atoms with E-state index in [2.05, 4.69) is 41.6 Å². The van der Waals surface area contributed by atoms with Crippen LogP contribution in [0.3, 0.4) is 0 Å². The Morgan fingerprint density at radius 3 is 2.78 bits per heavy atom. The molecular formula is C15H21N3. The van der Waals surface area contributed by atoms with E-state index in [0.29, 0.717) is 11.4 Å². The Bertz CT molecular complexity index is 573. The topological polar surface area (TPSA) is 43.8 Å². The molecule has 18 heavy (non-hydrogen) atoms. The van der Waals surface area contributed by atoms with E-state index in [0.717, 1.165) is 12.1 Å². The highest BCUT2D eigenvalue weighted by Crippen LogP contribution is 2.46. The molecule has 3 heteroatoms. The monoisotopic (exact) mass is 243 g/mol. The number of aromatic nitrogens is 2. The predicted molar refractivity (Wildman–Crippen MR) is 75.5 cm³/mol. The Labute approximate surface area is 108 Å². The molecule has 1 fully saturated rings. The van der Waals surface area contributed by atoms with E-state index in [1.807, 2.05) is 0 Å². The van der Waals surface area contributed by atoms with Crippen molar-refractivity contribution < 1.29 is 0 Å². The third kappa shape index (κ3) is 1.69. The third-order valence-corrected chi connectivity index (χ3v) is 4.59. The lowest BCUT2D eigenvalue weighted by molar-refractivity contribution is 0.103. The molecule has 2 N–H and O–H groups in total. The van der Waals surface area contributed by atoms with Crippen molar-refractivity contribution in [1.82, 2.24) is 9.55 Å². The van der Waals surface area contributed by atoms with Crippen LogP contribution in [0.2, 0.25) is 0 Å². The lowest BCUT2D eigenvalue weighted by Gasteiger charge is -2.41. The molecule has 2 aromatic rings. The quantitative estimate of drug-likeness (QED) is 0.896. The summed E-state index contributed by atoms with van der Waals surface area (Å²) < 4.78 is 2.21. The van der Waals surface area contributed by atoms with Crippen molar-refractivity contribution in [1.29, 1.82) is 0 Å². The molecule has 0 aliphatic heterocycles. The lowest BCUT2D eigenvalue weighted by Crippen LogP contribution is -2.33. The second-order valence-corrected chi connectivity index (χ2v) is 5.76. The average molecular weight is 243 g/mol. The van der Waals surface area contributed by atoms with E-state index >= 15 is 0 Å². The molecule has 1 aliphatic carbocycles. The molecule has 0 bridgehead atoms. The van der Waals surface area contributed by atoms with Gasteiger partial charge in [0.1, 0.15) is 0 Å². The Morgan fingerprint density at radius 1 is 1.39 bits per heavy atom. The molecule has 96 valence electrons. The van der Waals surface area contributed by atoms with Crippen LogP contribution in [0.15, 0.2) is 18.2 Å². The zero-order valence-corrected chi connectivity index (χ0v) is 11.2. The molecule has 0 spiro atoms. The standard InChI is InChI=1S/C15H21N3/c1-3-15(7-4-8-15)10-18-13-6-5-11(2)9-12(13)17-14(18)16/h5-6,9H,3-4,7-8,10H2,1-2H3,(H2,16,17). The van der Waals surface area contributed by atoms with Crippen LogP contribution in [0.1, 0.15) is 38.2 Å². The van der Waals surface area contributed by atoms with Gasteiger partial charge in [-0.25, -0.2) is 4.98 Å². The van der Waals surface area contributed by atoms with Crippen molar-refractivity contribution in [2.45, 2.75) is 46.1 Å². The first-order valence-corrected chi connectivity index (χ1v) is 6.86. The van der Waals surface area contributed by atoms with Gasteiger partial charge in [0.05, 0.1) is 11.0 Å². The Hall–Kier alpha value is -1.51. The van der Waals surface area contributed by atoms with Gasteiger partial charge in [-0.3, -0.25) is 0 Å². The lowest BCUT2D eigenvalue weighted by atomic mass is 9.67. The van der Waals surface area contributed by atoms with Gasteiger partial charge in [0, 0.05) is 6.54 Å². The summed E-state index contributed by atoms with van der Waals surface area (Å²) in [5.74, 6) is 0.662. The Morgan fingerprint density at radius 2 is 2.17 bits per heavy atom. The molecule has 0 radical (unpaired) electrons. The number of nitrogens with two attached hydrogens (primary N) is 1. The van der Waals surface area contributed by atoms with Crippen LogP contribution in [0.4, 0.5) is 5.95 Å². The number of nitrogens with zero attached hydrogens (tertiary/aromatic N) is 2. The summed E-state index contributed by atoms with van der Waals surface area (Å²) in [7, 11) is 0. The zero-order valence-electron chi connectivity index (χ0n) is 11.2. The van der Waals surface area contributed by atoms with Gasteiger partial charge in [-0.2, -0.15) is 0 Å². The van der Waals surface area contributed by atoms with E-state index in [4.69, 9.17) is 5.73 Å². The predicted octanol–water partition coefficient (Wildman–Crippen LogP) is 3.51. The fourth-order valence-corrected chi connectivity index (χ4v) is 3.06. The highest BCUT2D eigenvalue weighted by atomic mass is 15.2. The normalized spacial score (nSPS) is 17.9. The molecule has 0 amide bonds. The first-order valence-electron chi connectivity index (χ1n) is 6.86. The molecule has 0 atom stereocenters. The SMILES string of the molecule is CCC1(Cn2c(N)nc3cc(C)ccc32)CCC1. The van der Waals surface area contributed by atoms with Crippen molar-refractivity contribution in [3.63, 3.8) is 0 Å². The van der Waals surface area contributed by atoms with Crippen LogP contribution < -0.4 is 5.73 Å². The van der Waals surface area contributed by atoms with Crippen LogP contribution in [0, 0.1) is 12.3 Å². The summed E-state index contributed by atoms with van der Waals surface area (Å²) in [6.45, 7) is 5.40. The molecule has 1 aromatic carbocycles. The van der Waals surface area contributed by atoms with Gasteiger partial charge in [0.2, 0.25) is 5.95 Å². The van der Waals surface area contributed by atoms with Gasteiger partial charge in [-0.1, -0.05) is 19.4 Å². The van der Waals surface area contributed by atoms with Crippen LogP contribution in [0.5, 0.6) is 0 Å². The number of rotatable bonds is 3. The third-order valence-electron chi connectivity index (χ3n) is 4.59. The fourth-order valence-electron chi connectivity index (χ4n) is 3.06. The number of hydrogen-bond acceptors (Lipinski definition) is 2. The number of imidazole rings is 1. The van der Waals surface area contributed by atoms with Crippen molar-refractivity contribution in [2.75, 3.05) is 5.73 Å². The van der Waals surface area contributed by atoms with Gasteiger partial charge in [0.15, 0.2) is 0 Å². The number of hydrogen-bond donors (Lipinski definition) is 1. The summed E-state index contributed by atoms with van der Waals surface area (Å²) in [6.07, 6.45) is 5.25. The largest absolute Gasteiger partial charge is 0.369 e. The molecule has 0 saturated heterocycles. The zero-order chi connectivity index (χ0) is 12.8. The average Bonchev–Trinajstić information content (AvgIpc) is 2.59. The number of nitrogen functional groups attached to an aromatic ring is 1. The minimum atomic E-state index is 0.465. The van der Waals surface area contributed by atoms with E-state index < -0.39 is 0 Å². The fraction of sp³-hybridized carbons (Fsp3) is 0.533. The van der Waals surface area contributed by atoms with Crippen molar-refractivity contribution in [3.05, 3.63) is 23.8 Å². The second-order valence-electron chi connectivity index (χ2n) is 5.76. The van der Waals surface area contributed by atoms with Crippen molar-refractivity contribution in [2.24, 2.45) is 5.41 Å². The summed E-state index contributed by atoms with van der Waals surface area (Å²) >= 11 is 0. The maximum absolute atomic E-state index is 6.10. The van der Waals surface area contributed by atoms with Gasteiger partial charge >= 0.3 is 0 Å². The van der Waals surface area contributed by atoms with E-state index in [1.54, 1.807) is 0 Å². The van der Waals surface area contributed by atoms with E-state index in [9.17, 15) is 0 Å². The number of anilines is 1. The molecule has 3 rings (SSSR count). The highest BCUT2D eigenvalue weighted by Gasteiger charge is 2.36. The summed E-state index contributed by atoms with van der Waals surface area (Å²) in [5, 5.41) is 0. The Kier molecular flexibility index (Phi) is 2.58. The molecule has 1 saturated carbocycles. The smallest absolute Gasteiger partial charge is 0.201 e. The number of fused-ring (bicyclic) bond motifs is 1. The molecular weight excluding hydrogens is 222 g/mol. The van der Waals surface area contributed by atoms with Gasteiger partial charge in [-0.15, -0.1) is 0 Å². The van der Waals surface area contributed by atoms with Gasteiger partial charge < -0.3 is 10.3 Å². The minimum Gasteiger partial charge on any atom is -0.369 e. The van der Waals surface area contributed by atoms with Crippen LogP contribution >= 0.6 is 0 Å². The van der Waals surface area contributed by atoms with E-state index in [-0.39, 0.29) is 0 Å². The summed E-state index contributed by atoms with van der Waals surface area (Å²) in [4.78, 5) is 4.49. The van der Waals surface area contributed by atoms with Gasteiger partial charge in [-0.05, 0) is 49.3 Å². The van der Waals surface area contributed by atoms with Crippen LogP contribution in [-0.2, 0) is 6.54 Å². The molecule has 1 aromatic heterocycles. The summed E-state index contributed by atoms with van der Waals surface area (Å²) in [5.41, 5.74) is 10.0. The molecule has 1 heterocycles. The maximum atomic E-state index is 6.10. The van der Waals surface area contributed by atoms with Crippen LogP contribution in [0.25, 0.3) is 11.0 Å². The highest BCUT2D eigenvalue weighted by molar-refractivity contribution is 5.79. The minimum absolute atomic E-state index is 0.465. The molecule has 1 aliphatic rings. The maximum Gasteiger partial charge on any atom is 0.201 e. The van der Waals surface area contributed by atoms with Crippen molar-refractivity contribution in [3.8, 4) is 0 Å². The van der Waals surface area contributed by atoms with Crippen molar-refractivity contribution >= 4 is 17.0 Å². The first kappa shape index (κ1) is 11.6. The second kappa shape index (κ2) is 4.01. The Balaban J connectivity index is 2.03. The van der Waals surface area contributed by atoms with Crippen LogP contribution in [-0.4, -0.2) is 9.55 Å².